The second kappa shape index (κ2) is 5.02. The number of nitrogens with one attached hydrogen (secondary N) is 1. The monoisotopic (exact) mass is 251 g/mol. The van der Waals surface area contributed by atoms with Crippen LogP contribution in [-0.4, -0.2) is 16.1 Å². The SMILES string of the molecule is CCNC(CC1CC2CCC1C2)c1cnns1. The van der Waals surface area contributed by atoms with E-state index in [1.165, 1.54) is 37.0 Å². The van der Waals surface area contributed by atoms with Crippen LogP contribution < -0.4 is 5.32 Å². The van der Waals surface area contributed by atoms with Crippen molar-refractivity contribution >= 4 is 11.5 Å². The molecule has 0 saturated heterocycles. The van der Waals surface area contributed by atoms with E-state index < -0.39 is 0 Å². The Labute approximate surface area is 107 Å². The van der Waals surface area contributed by atoms with Gasteiger partial charge in [0.25, 0.3) is 0 Å². The molecule has 0 aromatic carbocycles. The Morgan fingerprint density at radius 2 is 2.41 bits per heavy atom. The molecule has 4 atom stereocenters. The Morgan fingerprint density at radius 1 is 1.47 bits per heavy atom. The summed E-state index contributed by atoms with van der Waals surface area (Å²) in [5.74, 6) is 3.01. The molecule has 2 aliphatic rings. The third kappa shape index (κ3) is 2.38. The van der Waals surface area contributed by atoms with Gasteiger partial charge in [0.05, 0.1) is 11.1 Å². The van der Waals surface area contributed by atoms with E-state index in [4.69, 9.17) is 0 Å². The van der Waals surface area contributed by atoms with Gasteiger partial charge in [0.15, 0.2) is 0 Å². The van der Waals surface area contributed by atoms with Crippen molar-refractivity contribution in [3.05, 3.63) is 11.1 Å². The first-order valence-electron chi connectivity index (χ1n) is 6.87. The Hall–Kier alpha value is -0.480. The summed E-state index contributed by atoms with van der Waals surface area (Å²) in [6.07, 6.45) is 9.18. The van der Waals surface area contributed by atoms with Crippen LogP contribution in [0.1, 0.15) is 49.9 Å². The smallest absolute Gasteiger partial charge is 0.0669 e. The highest BCUT2D eigenvalue weighted by Crippen LogP contribution is 2.51. The first kappa shape index (κ1) is 11.6. The summed E-state index contributed by atoms with van der Waals surface area (Å²) in [6, 6.07) is 0.490. The first-order valence-corrected chi connectivity index (χ1v) is 7.64. The fourth-order valence-corrected chi connectivity index (χ4v) is 4.43. The summed E-state index contributed by atoms with van der Waals surface area (Å²) in [4.78, 5) is 1.31. The zero-order chi connectivity index (χ0) is 11.7. The van der Waals surface area contributed by atoms with Crippen molar-refractivity contribution in [1.29, 1.82) is 0 Å². The van der Waals surface area contributed by atoms with Gasteiger partial charge in [-0.3, -0.25) is 0 Å². The molecule has 0 amide bonds. The molecule has 1 aromatic heterocycles. The van der Waals surface area contributed by atoms with Crippen molar-refractivity contribution in [1.82, 2.24) is 14.9 Å². The molecule has 2 fully saturated rings. The van der Waals surface area contributed by atoms with Crippen molar-refractivity contribution in [3.8, 4) is 0 Å². The van der Waals surface area contributed by atoms with Gasteiger partial charge in [0.1, 0.15) is 0 Å². The lowest BCUT2D eigenvalue weighted by molar-refractivity contribution is 0.282. The van der Waals surface area contributed by atoms with Gasteiger partial charge in [-0.15, -0.1) is 5.10 Å². The van der Waals surface area contributed by atoms with Crippen molar-refractivity contribution in [2.45, 2.75) is 45.1 Å². The predicted octanol–water partition coefficient (Wildman–Crippen LogP) is 3.02. The zero-order valence-corrected chi connectivity index (χ0v) is 11.2. The van der Waals surface area contributed by atoms with Crippen LogP contribution in [0, 0.1) is 17.8 Å². The summed E-state index contributed by atoms with van der Waals surface area (Å²) in [6.45, 7) is 3.21. The Morgan fingerprint density at radius 3 is 3.00 bits per heavy atom. The van der Waals surface area contributed by atoms with Crippen LogP contribution in [0.15, 0.2) is 6.20 Å². The quantitative estimate of drug-likeness (QED) is 0.874. The van der Waals surface area contributed by atoms with Crippen molar-refractivity contribution in [3.63, 3.8) is 0 Å². The standard InChI is InChI=1S/C13H21N3S/c1-2-14-12(13-8-15-16-17-13)7-11-6-9-3-4-10(11)5-9/h8-12,14H,2-7H2,1H3. The van der Waals surface area contributed by atoms with Gasteiger partial charge in [0, 0.05) is 6.04 Å². The lowest BCUT2D eigenvalue weighted by Crippen LogP contribution is -2.24. The van der Waals surface area contributed by atoms with E-state index in [1.807, 2.05) is 6.20 Å². The summed E-state index contributed by atoms with van der Waals surface area (Å²) in [5, 5.41) is 7.58. The summed E-state index contributed by atoms with van der Waals surface area (Å²) in [7, 11) is 0. The Kier molecular flexibility index (Phi) is 3.43. The van der Waals surface area contributed by atoms with E-state index in [2.05, 4.69) is 21.8 Å². The largest absolute Gasteiger partial charge is 0.309 e. The summed E-state index contributed by atoms with van der Waals surface area (Å²) in [5.41, 5.74) is 0. The highest BCUT2D eigenvalue weighted by atomic mass is 32.1. The lowest BCUT2D eigenvalue weighted by atomic mass is 9.84. The highest BCUT2D eigenvalue weighted by Gasteiger charge is 2.40. The maximum absolute atomic E-state index is 4.00. The molecule has 0 radical (unpaired) electrons. The van der Waals surface area contributed by atoms with Crippen LogP contribution in [-0.2, 0) is 0 Å². The second-order valence-corrected chi connectivity index (χ2v) is 6.42. The van der Waals surface area contributed by atoms with Crippen molar-refractivity contribution < 1.29 is 0 Å². The summed E-state index contributed by atoms with van der Waals surface area (Å²) < 4.78 is 4.00. The maximum atomic E-state index is 4.00. The van der Waals surface area contributed by atoms with Gasteiger partial charge in [0.2, 0.25) is 0 Å². The third-order valence-corrected chi connectivity index (χ3v) is 5.37. The van der Waals surface area contributed by atoms with Crippen LogP contribution in [0.3, 0.4) is 0 Å². The van der Waals surface area contributed by atoms with Crippen LogP contribution in [0.4, 0.5) is 0 Å². The van der Waals surface area contributed by atoms with Gasteiger partial charge >= 0.3 is 0 Å². The molecule has 2 aliphatic carbocycles. The fraction of sp³-hybridized carbons (Fsp3) is 0.846. The molecule has 2 bridgehead atoms. The molecule has 3 rings (SSSR count). The molecule has 1 N–H and O–H groups in total. The van der Waals surface area contributed by atoms with E-state index in [9.17, 15) is 0 Å². The predicted molar refractivity (Wildman–Crippen MR) is 69.9 cm³/mol. The van der Waals surface area contributed by atoms with Gasteiger partial charge < -0.3 is 5.32 Å². The molecule has 1 aromatic rings. The van der Waals surface area contributed by atoms with E-state index in [-0.39, 0.29) is 0 Å². The normalized spacial score (nSPS) is 33.1. The molecule has 94 valence electrons. The molecular weight excluding hydrogens is 230 g/mol. The molecule has 2 saturated carbocycles. The molecular formula is C13H21N3S. The fourth-order valence-electron chi connectivity index (χ4n) is 3.84. The third-order valence-electron chi connectivity index (χ3n) is 4.60. The van der Waals surface area contributed by atoms with Crippen LogP contribution in [0.2, 0.25) is 0 Å². The molecule has 1 heterocycles. The second-order valence-electron chi connectivity index (χ2n) is 5.60. The lowest BCUT2D eigenvalue weighted by Gasteiger charge is -2.26. The molecule has 0 spiro atoms. The van der Waals surface area contributed by atoms with E-state index in [0.717, 1.165) is 24.3 Å². The van der Waals surface area contributed by atoms with Crippen LogP contribution in [0.5, 0.6) is 0 Å². The average molecular weight is 251 g/mol. The van der Waals surface area contributed by atoms with Gasteiger partial charge in [-0.05, 0) is 61.5 Å². The number of rotatable bonds is 5. The summed E-state index contributed by atoms with van der Waals surface area (Å²) >= 11 is 1.55. The van der Waals surface area contributed by atoms with Gasteiger partial charge in [-0.25, -0.2) is 0 Å². The van der Waals surface area contributed by atoms with E-state index >= 15 is 0 Å². The van der Waals surface area contributed by atoms with E-state index in [0.29, 0.717) is 6.04 Å². The minimum absolute atomic E-state index is 0.490. The number of nitrogens with zero attached hydrogens (tertiary/aromatic N) is 2. The Bertz CT molecular complexity index is 352. The van der Waals surface area contributed by atoms with Gasteiger partial charge in [-0.2, -0.15) is 0 Å². The average Bonchev–Trinajstić information content (AvgIpc) is 3.06. The number of aromatic nitrogens is 2. The Balaban J connectivity index is 1.65. The molecule has 17 heavy (non-hydrogen) atoms. The molecule has 3 nitrogen and oxygen atoms in total. The minimum Gasteiger partial charge on any atom is -0.309 e. The van der Waals surface area contributed by atoms with Crippen LogP contribution in [0.25, 0.3) is 0 Å². The zero-order valence-electron chi connectivity index (χ0n) is 10.4. The molecule has 4 unspecified atom stereocenters. The van der Waals surface area contributed by atoms with Gasteiger partial charge in [-0.1, -0.05) is 17.8 Å². The maximum Gasteiger partial charge on any atom is 0.0669 e. The number of hydrogen-bond acceptors (Lipinski definition) is 4. The molecule has 0 aliphatic heterocycles. The molecule has 4 heteroatoms. The first-order chi connectivity index (χ1) is 8.36. The van der Waals surface area contributed by atoms with E-state index in [1.54, 1.807) is 11.5 Å². The topological polar surface area (TPSA) is 37.8 Å². The number of fused-ring (bicyclic) bond motifs is 2. The number of hydrogen-bond donors (Lipinski definition) is 1. The van der Waals surface area contributed by atoms with Crippen molar-refractivity contribution in [2.24, 2.45) is 17.8 Å². The van der Waals surface area contributed by atoms with Crippen LogP contribution >= 0.6 is 11.5 Å². The van der Waals surface area contributed by atoms with Crippen molar-refractivity contribution in [2.75, 3.05) is 6.54 Å². The highest BCUT2D eigenvalue weighted by molar-refractivity contribution is 7.05. The minimum atomic E-state index is 0.490.